The summed E-state index contributed by atoms with van der Waals surface area (Å²) in [5.41, 5.74) is 14.7. The van der Waals surface area contributed by atoms with Gasteiger partial charge in [-0.05, 0) is 81.3 Å². The molecule has 1 aliphatic rings. The van der Waals surface area contributed by atoms with Gasteiger partial charge in [0.25, 0.3) is 0 Å². The van der Waals surface area contributed by atoms with Crippen molar-refractivity contribution in [1.29, 1.82) is 5.26 Å². The minimum atomic E-state index is -0.193. The average molecular weight is 1220 g/mol. The van der Waals surface area contributed by atoms with Crippen LogP contribution in [0.4, 0.5) is 17.5 Å². The molecule has 462 valence electrons. The number of nitriles is 1. The molecule has 9 aromatic heterocycles. The smallest absolute Gasteiger partial charge is 0.161 e. The average Bonchev–Trinajstić information content (AvgIpc) is 1.95. The summed E-state index contributed by atoms with van der Waals surface area (Å²) in [6.07, 6.45) is 32.1. The Bertz CT molecular complexity index is 4480. The van der Waals surface area contributed by atoms with Crippen molar-refractivity contribution in [3.05, 3.63) is 166 Å². The van der Waals surface area contributed by atoms with Crippen LogP contribution in [0.5, 0.6) is 0 Å². The Morgan fingerprint density at radius 1 is 0.473 bits per heavy atom. The highest BCUT2D eigenvalue weighted by atomic mass is 16.3. The first-order chi connectivity index (χ1) is 43.9. The normalized spacial score (nSPS) is 13.8. The Hall–Kier alpha value is -11.0. The van der Waals surface area contributed by atoms with Gasteiger partial charge in [-0.1, -0.05) is 54.6 Å². The number of nitrogens with one attached hydrogen (secondary N) is 2. The maximum atomic E-state index is 9.87. The van der Waals surface area contributed by atoms with Crippen molar-refractivity contribution in [3.63, 3.8) is 0 Å². The van der Waals surface area contributed by atoms with Crippen LogP contribution in [0, 0.1) is 11.3 Å². The molecule has 1 saturated carbocycles. The van der Waals surface area contributed by atoms with E-state index < -0.39 is 0 Å². The predicted octanol–water partition coefficient (Wildman–Crippen LogP) is 11.1. The van der Waals surface area contributed by atoms with Gasteiger partial charge in [-0.3, -0.25) is 28.1 Å². The molecule has 0 amide bonds. The van der Waals surface area contributed by atoms with Gasteiger partial charge in [0.1, 0.15) is 17.5 Å². The molecule has 3 N–H and O–H groups in total. The number of aryl methyl sites for hydroxylation is 6. The summed E-state index contributed by atoms with van der Waals surface area (Å²) in [7, 11) is 13.3. The van der Waals surface area contributed by atoms with Gasteiger partial charge in [0.05, 0.1) is 55.8 Å². The maximum absolute atomic E-state index is 9.87. The van der Waals surface area contributed by atoms with Crippen molar-refractivity contribution >= 4 is 17.5 Å². The second-order valence-corrected chi connectivity index (χ2v) is 23.9. The molecule has 0 radical (unpaired) electrons. The van der Waals surface area contributed by atoms with E-state index in [9.17, 15) is 5.11 Å². The van der Waals surface area contributed by atoms with Crippen LogP contribution >= 0.6 is 0 Å². The van der Waals surface area contributed by atoms with Gasteiger partial charge >= 0.3 is 0 Å². The number of benzene rings is 3. The highest BCUT2D eigenvalue weighted by Gasteiger charge is 2.23. The molecule has 0 spiro atoms. The number of aromatic nitrogens is 18. The fraction of sp³-hybridized carbons (Fsp3) is 0.279. The standard InChI is InChI=1S/C24H27N7O.C22H22N8.C22H25N7/c1-30-14-18(11-26-30)16-4-3-5-17(10-16)23-25-13-22(19-12-27-31(2)15-19)24(29-23)28-20-6-8-21(32)9-7-20;1-28(9-5-8-23)22-20(19-12-26-30(3)15-19)13-24-21(27-22)17-7-4-6-16(10-17)18-11-25-29(2)14-18;1-22(2,3)27-21-19(18-11-25-29(5)14-18)12-23-20(26-21)16-8-6-7-15(9-16)17-10-24-28(4)13-17/h3-5,10-15,20-21,32H,6-9H2,1-2H3,(H,25,28,29);4,6-7,10-15H,5,9H2,1-3H3;6-14H,1-5H3,(H,23,26,27). The maximum Gasteiger partial charge on any atom is 0.161 e. The van der Waals surface area contributed by atoms with Crippen molar-refractivity contribution in [3.8, 4) is 107 Å². The summed E-state index contributed by atoms with van der Waals surface area (Å²) in [5.74, 6) is 4.34. The van der Waals surface area contributed by atoms with Gasteiger partial charge in [-0.2, -0.15) is 35.9 Å². The first-order valence-corrected chi connectivity index (χ1v) is 30.1. The number of nitrogens with zero attached hydrogens (tertiary/aromatic N) is 20. The number of aliphatic hydroxyl groups is 1. The van der Waals surface area contributed by atoms with E-state index in [0.29, 0.717) is 30.4 Å². The molecule has 12 aromatic rings. The summed E-state index contributed by atoms with van der Waals surface area (Å²) < 4.78 is 10.7. The first-order valence-electron chi connectivity index (χ1n) is 30.1. The molecule has 0 aliphatic heterocycles. The minimum absolute atomic E-state index is 0.139. The molecular formula is C68H74N22O. The van der Waals surface area contributed by atoms with Crippen LogP contribution in [-0.4, -0.2) is 125 Å². The van der Waals surface area contributed by atoms with Crippen molar-refractivity contribution in [2.24, 2.45) is 42.3 Å². The Labute approximate surface area is 528 Å². The molecule has 0 bridgehead atoms. The van der Waals surface area contributed by atoms with Gasteiger partial charge in [0.2, 0.25) is 0 Å². The summed E-state index contributed by atoms with van der Waals surface area (Å²) in [6.45, 7) is 6.93. The van der Waals surface area contributed by atoms with E-state index in [1.807, 2.05) is 183 Å². The second-order valence-electron chi connectivity index (χ2n) is 23.9. The fourth-order valence-corrected chi connectivity index (χ4v) is 10.7. The SMILES string of the molecule is CN(CCC#N)c1nc(-c2cccc(-c3cnn(C)c3)c2)ncc1-c1cnn(C)c1.Cn1cc(-c2cccc(-c3ncc(-c4cnn(C)c4)c(NC(C)(C)C)n3)c2)cn1.Cn1cc(-c2cccc(-c3ncc(-c4cnn(C)c4)c(NC4CCC(O)CC4)n3)c2)cn1. The molecule has 3 aromatic carbocycles. The third kappa shape index (κ3) is 15.3. The molecule has 91 heavy (non-hydrogen) atoms. The Morgan fingerprint density at radius 3 is 1.21 bits per heavy atom. The van der Waals surface area contributed by atoms with E-state index in [1.54, 1.807) is 34.3 Å². The van der Waals surface area contributed by atoms with Crippen LogP contribution in [0.3, 0.4) is 0 Å². The molecule has 1 fully saturated rings. The van der Waals surface area contributed by atoms with Crippen LogP contribution in [0.1, 0.15) is 52.9 Å². The first kappa shape index (κ1) is 61.6. The second kappa shape index (κ2) is 27.2. The number of hydrogen-bond donors (Lipinski definition) is 3. The molecule has 23 nitrogen and oxygen atoms in total. The van der Waals surface area contributed by atoms with E-state index in [2.05, 4.69) is 108 Å². The van der Waals surface area contributed by atoms with Crippen molar-refractivity contribution in [2.75, 3.05) is 29.1 Å². The van der Waals surface area contributed by atoms with E-state index in [1.165, 1.54) is 0 Å². The quantitative estimate of drug-likeness (QED) is 0.0862. The third-order valence-corrected chi connectivity index (χ3v) is 15.3. The molecule has 0 unspecified atom stereocenters. The Kier molecular flexibility index (Phi) is 18.4. The molecule has 9 heterocycles. The van der Waals surface area contributed by atoms with Crippen molar-refractivity contribution < 1.29 is 5.11 Å². The van der Waals surface area contributed by atoms with E-state index in [0.717, 1.165) is 127 Å². The van der Waals surface area contributed by atoms with Gasteiger partial charge in [0.15, 0.2) is 17.5 Å². The van der Waals surface area contributed by atoms with Crippen LogP contribution in [0.25, 0.3) is 101 Å². The summed E-state index contributed by atoms with van der Waals surface area (Å²) in [5, 5.41) is 51.7. The van der Waals surface area contributed by atoms with E-state index in [4.69, 9.17) is 25.2 Å². The topological polar surface area (TPSA) is 256 Å². The Morgan fingerprint density at radius 2 is 0.824 bits per heavy atom. The lowest BCUT2D eigenvalue weighted by Gasteiger charge is -2.27. The zero-order valence-corrected chi connectivity index (χ0v) is 52.9. The minimum Gasteiger partial charge on any atom is -0.393 e. The molecule has 1 aliphatic carbocycles. The van der Waals surface area contributed by atoms with Crippen LogP contribution < -0.4 is 15.5 Å². The summed E-state index contributed by atoms with van der Waals surface area (Å²) in [4.78, 5) is 30.7. The molecule has 13 rings (SSSR count). The zero-order chi connectivity index (χ0) is 63.8. The van der Waals surface area contributed by atoms with Crippen molar-refractivity contribution in [1.82, 2.24) is 88.6 Å². The number of hydrogen-bond acceptors (Lipinski definition) is 17. The third-order valence-electron chi connectivity index (χ3n) is 15.3. The van der Waals surface area contributed by atoms with Gasteiger partial charge in [-0.15, -0.1) is 0 Å². The number of anilines is 3. The van der Waals surface area contributed by atoms with Gasteiger partial charge in [0, 0.05) is 190 Å². The lowest BCUT2D eigenvalue weighted by Crippen LogP contribution is -2.28. The van der Waals surface area contributed by atoms with Crippen LogP contribution in [-0.2, 0) is 42.3 Å². The van der Waals surface area contributed by atoms with Crippen LogP contribution in [0.2, 0.25) is 0 Å². The van der Waals surface area contributed by atoms with Gasteiger partial charge in [-0.25, -0.2) is 29.9 Å². The largest absolute Gasteiger partial charge is 0.393 e. The zero-order valence-electron chi connectivity index (χ0n) is 52.9. The number of aliphatic hydroxyl groups excluding tert-OH is 1. The van der Waals surface area contributed by atoms with Gasteiger partial charge < -0.3 is 20.6 Å². The monoisotopic (exact) mass is 1210 g/mol. The molecule has 23 heteroatoms. The number of rotatable bonds is 15. The fourth-order valence-electron chi connectivity index (χ4n) is 10.7. The Balaban J connectivity index is 0.000000140. The summed E-state index contributed by atoms with van der Waals surface area (Å²) in [6, 6.07) is 27.0. The highest BCUT2D eigenvalue weighted by molar-refractivity contribution is 5.80. The van der Waals surface area contributed by atoms with Crippen LogP contribution in [0.15, 0.2) is 166 Å². The molecular weight excluding hydrogens is 1140 g/mol. The lowest BCUT2D eigenvalue weighted by molar-refractivity contribution is 0.126. The molecule has 0 saturated heterocycles. The van der Waals surface area contributed by atoms with E-state index >= 15 is 0 Å². The van der Waals surface area contributed by atoms with Crippen molar-refractivity contribution in [2.45, 2.75) is 70.6 Å². The lowest BCUT2D eigenvalue weighted by atomic mass is 9.93. The predicted molar refractivity (Wildman–Crippen MR) is 354 cm³/mol. The molecule has 0 atom stereocenters. The van der Waals surface area contributed by atoms with E-state index in [-0.39, 0.29) is 17.7 Å². The highest BCUT2D eigenvalue weighted by Crippen LogP contribution is 2.35. The summed E-state index contributed by atoms with van der Waals surface area (Å²) >= 11 is 0.